The zero-order chi connectivity index (χ0) is 11.4. The maximum atomic E-state index is 11.7. The van der Waals surface area contributed by atoms with Gasteiger partial charge in [-0.15, -0.1) is 0 Å². The van der Waals surface area contributed by atoms with Gasteiger partial charge in [0.25, 0.3) is 5.56 Å². The van der Waals surface area contributed by atoms with Crippen LogP contribution in [0.4, 0.5) is 5.69 Å². The second-order valence-electron chi connectivity index (χ2n) is 3.79. The topological polar surface area (TPSA) is 46.9 Å². The summed E-state index contributed by atoms with van der Waals surface area (Å²) >= 11 is 1.83. The molecule has 0 atom stereocenters. The van der Waals surface area contributed by atoms with Crippen LogP contribution in [0.25, 0.3) is 0 Å². The number of aromatic nitrogens is 2. The zero-order valence-electron chi connectivity index (χ0n) is 9.53. The number of fused-ring (bicyclic) bond motifs is 1. The molecule has 0 saturated carbocycles. The first kappa shape index (κ1) is 11.5. The average molecular weight is 239 g/mol. The number of nitrogens with one attached hydrogen (secondary N) is 1. The van der Waals surface area contributed by atoms with Gasteiger partial charge in [-0.05, 0) is 18.6 Å². The van der Waals surface area contributed by atoms with Gasteiger partial charge in [0.05, 0.1) is 17.9 Å². The lowest BCUT2D eigenvalue weighted by Crippen LogP contribution is -2.27. The molecule has 88 valence electrons. The molecular weight excluding hydrogens is 222 g/mol. The van der Waals surface area contributed by atoms with Crippen LogP contribution in [0.2, 0.25) is 0 Å². The lowest BCUT2D eigenvalue weighted by molar-refractivity contribution is 0.594. The molecule has 0 fully saturated rings. The van der Waals surface area contributed by atoms with Crippen molar-refractivity contribution in [3.8, 4) is 0 Å². The Morgan fingerprint density at radius 3 is 3.31 bits per heavy atom. The summed E-state index contributed by atoms with van der Waals surface area (Å²) in [6, 6.07) is 1.68. The molecule has 0 radical (unpaired) electrons. The highest BCUT2D eigenvalue weighted by atomic mass is 32.2. The van der Waals surface area contributed by atoms with E-state index < -0.39 is 0 Å². The van der Waals surface area contributed by atoms with Gasteiger partial charge < -0.3 is 5.32 Å². The van der Waals surface area contributed by atoms with E-state index in [0.29, 0.717) is 6.54 Å². The van der Waals surface area contributed by atoms with Gasteiger partial charge in [0.1, 0.15) is 0 Å². The first-order chi connectivity index (χ1) is 7.81. The summed E-state index contributed by atoms with van der Waals surface area (Å²) in [6.45, 7) is 3.78. The van der Waals surface area contributed by atoms with E-state index in [1.807, 2.05) is 11.8 Å². The zero-order valence-corrected chi connectivity index (χ0v) is 10.3. The Morgan fingerprint density at radius 2 is 2.50 bits per heavy atom. The van der Waals surface area contributed by atoms with Crippen LogP contribution >= 0.6 is 11.8 Å². The summed E-state index contributed by atoms with van der Waals surface area (Å²) in [6.07, 6.45) is 2.07. The molecule has 1 aromatic heterocycles. The smallest absolute Gasteiger partial charge is 0.268 e. The van der Waals surface area contributed by atoms with E-state index in [0.717, 1.165) is 42.3 Å². The van der Waals surface area contributed by atoms with Gasteiger partial charge in [-0.25, -0.2) is 4.68 Å². The molecule has 2 heterocycles. The molecule has 16 heavy (non-hydrogen) atoms. The van der Waals surface area contributed by atoms with Crippen LogP contribution < -0.4 is 10.9 Å². The molecule has 5 heteroatoms. The maximum Gasteiger partial charge on any atom is 0.268 e. The molecule has 0 amide bonds. The molecule has 0 spiro atoms. The van der Waals surface area contributed by atoms with E-state index in [-0.39, 0.29) is 5.56 Å². The molecular formula is C11H17N3OS. The molecule has 1 aromatic rings. The van der Waals surface area contributed by atoms with E-state index in [2.05, 4.69) is 17.3 Å². The van der Waals surface area contributed by atoms with Gasteiger partial charge in [0.15, 0.2) is 0 Å². The maximum absolute atomic E-state index is 11.7. The number of hydrogen-bond acceptors (Lipinski definition) is 4. The van der Waals surface area contributed by atoms with Gasteiger partial charge in [0, 0.05) is 18.4 Å². The second kappa shape index (κ2) is 5.39. The van der Waals surface area contributed by atoms with Crippen molar-refractivity contribution < 1.29 is 0 Å². The first-order valence-electron chi connectivity index (χ1n) is 5.74. The van der Waals surface area contributed by atoms with Crippen LogP contribution in [-0.2, 0) is 13.0 Å². The van der Waals surface area contributed by atoms with Gasteiger partial charge in [-0.3, -0.25) is 4.79 Å². The van der Waals surface area contributed by atoms with Crippen molar-refractivity contribution in [2.24, 2.45) is 0 Å². The third-order valence-corrected chi connectivity index (χ3v) is 3.51. The van der Waals surface area contributed by atoms with Crippen LogP contribution in [0.3, 0.4) is 0 Å². The molecule has 0 unspecified atom stereocenters. The van der Waals surface area contributed by atoms with Crippen molar-refractivity contribution in [2.75, 3.05) is 23.4 Å². The molecule has 0 saturated heterocycles. The Bertz CT molecular complexity index is 416. The van der Waals surface area contributed by atoms with Gasteiger partial charge in [-0.2, -0.15) is 16.9 Å². The van der Waals surface area contributed by atoms with E-state index in [1.54, 1.807) is 10.7 Å². The summed E-state index contributed by atoms with van der Waals surface area (Å²) < 4.78 is 1.59. The Hall–Kier alpha value is -0.970. The van der Waals surface area contributed by atoms with E-state index >= 15 is 0 Å². The Morgan fingerprint density at radius 1 is 1.62 bits per heavy atom. The van der Waals surface area contributed by atoms with Crippen LogP contribution in [0, 0.1) is 0 Å². The van der Waals surface area contributed by atoms with Gasteiger partial charge in [0.2, 0.25) is 0 Å². The summed E-state index contributed by atoms with van der Waals surface area (Å²) in [5.41, 5.74) is 1.97. The SMILES string of the molecule is CCSCCn1nc2c(cc1=O)NCCC2. The minimum absolute atomic E-state index is 0.00449. The Labute approximate surface area is 99.4 Å². The lowest BCUT2D eigenvalue weighted by Gasteiger charge is -2.17. The van der Waals surface area contributed by atoms with E-state index in [1.165, 1.54) is 0 Å². The number of thioether (sulfide) groups is 1. The van der Waals surface area contributed by atoms with E-state index in [4.69, 9.17) is 0 Å². The monoisotopic (exact) mass is 239 g/mol. The minimum atomic E-state index is 0.00449. The van der Waals surface area contributed by atoms with Crippen molar-refractivity contribution in [3.63, 3.8) is 0 Å². The van der Waals surface area contributed by atoms with Crippen molar-refractivity contribution in [1.29, 1.82) is 0 Å². The number of aryl methyl sites for hydroxylation is 2. The largest absolute Gasteiger partial charge is 0.383 e. The first-order valence-corrected chi connectivity index (χ1v) is 6.89. The number of hydrogen-bond donors (Lipinski definition) is 1. The highest BCUT2D eigenvalue weighted by Crippen LogP contribution is 2.16. The molecule has 0 bridgehead atoms. The Balaban J connectivity index is 2.16. The second-order valence-corrected chi connectivity index (χ2v) is 5.19. The number of nitrogens with zero attached hydrogens (tertiary/aromatic N) is 2. The summed E-state index contributed by atoms with van der Waals surface area (Å²) in [5.74, 6) is 2.04. The lowest BCUT2D eigenvalue weighted by atomic mass is 10.1. The van der Waals surface area contributed by atoms with Crippen LogP contribution in [0.5, 0.6) is 0 Å². The quantitative estimate of drug-likeness (QED) is 0.806. The van der Waals surface area contributed by atoms with Crippen LogP contribution in [0.15, 0.2) is 10.9 Å². The molecule has 0 aliphatic carbocycles. The predicted molar refractivity (Wildman–Crippen MR) is 68.3 cm³/mol. The van der Waals surface area contributed by atoms with Crippen LogP contribution in [-0.4, -0.2) is 27.8 Å². The minimum Gasteiger partial charge on any atom is -0.383 e. The molecule has 1 N–H and O–H groups in total. The standard InChI is InChI=1S/C11H17N3OS/c1-2-16-7-6-14-11(15)8-10-9(13-14)4-3-5-12-10/h8,12H,2-7H2,1H3. The fourth-order valence-electron chi connectivity index (χ4n) is 1.80. The molecule has 4 nitrogen and oxygen atoms in total. The van der Waals surface area contributed by atoms with Crippen molar-refractivity contribution >= 4 is 17.4 Å². The summed E-state index contributed by atoms with van der Waals surface area (Å²) in [4.78, 5) is 11.7. The molecule has 0 aromatic carbocycles. The highest BCUT2D eigenvalue weighted by Gasteiger charge is 2.12. The number of anilines is 1. The highest BCUT2D eigenvalue weighted by molar-refractivity contribution is 7.99. The van der Waals surface area contributed by atoms with Crippen LogP contribution in [0.1, 0.15) is 19.0 Å². The van der Waals surface area contributed by atoms with Gasteiger partial charge in [-0.1, -0.05) is 6.92 Å². The van der Waals surface area contributed by atoms with Crippen molar-refractivity contribution in [3.05, 3.63) is 22.1 Å². The molecule has 1 aliphatic heterocycles. The third kappa shape index (κ3) is 2.58. The normalized spacial score (nSPS) is 14.3. The summed E-state index contributed by atoms with van der Waals surface area (Å²) in [7, 11) is 0. The third-order valence-electron chi connectivity index (χ3n) is 2.63. The van der Waals surface area contributed by atoms with Gasteiger partial charge >= 0.3 is 0 Å². The molecule has 1 aliphatic rings. The molecule has 2 rings (SSSR count). The van der Waals surface area contributed by atoms with Crippen molar-refractivity contribution in [1.82, 2.24) is 9.78 Å². The fourth-order valence-corrected chi connectivity index (χ4v) is 2.39. The average Bonchev–Trinajstić information content (AvgIpc) is 2.30. The summed E-state index contributed by atoms with van der Waals surface area (Å²) in [5, 5.41) is 7.63. The Kier molecular flexibility index (Phi) is 3.88. The van der Waals surface area contributed by atoms with E-state index in [9.17, 15) is 4.79 Å². The van der Waals surface area contributed by atoms with Crippen molar-refractivity contribution in [2.45, 2.75) is 26.3 Å². The fraction of sp³-hybridized carbons (Fsp3) is 0.636. The predicted octanol–water partition coefficient (Wildman–Crippen LogP) is 1.35. The number of rotatable bonds is 4.